The van der Waals surface area contributed by atoms with Crippen LogP contribution in [0.2, 0.25) is 0 Å². The number of hydrogen-bond donors (Lipinski definition) is 0. The molecule has 4 nitrogen and oxygen atoms in total. The van der Waals surface area contributed by atoms with E-state index in [9.17, 15) is 18.4 Å². The monoisotopic (exact) mass is 381 g/mol. The molecular formula is C17H26F3NO3S. The topological polar surface area (TPSA) is 45.4 Å². The Morgan fingerprint density at radius 3 is 2.28 bits per heavy atom. The largest absolute Gasteiger partial charge is 0.619 e. The number of halogens is 3. The fraction of sp³-hybridized carbons (Fsp3) is 0.706. The fourth-order valence-electron chi connectivity index (χ4n) is 2.06. The van der Waals surface area contributed by atoms with Crippen molar-refractivity contribution in [1.29, 1.82) is 0 Å². The Hall–Kier alpha value is -0.990. The molecule has 1 heterocycles. The van der Waals surface area contributed by atoms with Gasteiger partial charge < -0.3 is 14.7 Å². The van der Waals surface area contributed by atoms with Crippen molar-refractivity contribution in [3.63, 3.8) is 0 Å². The van der Waals surface area contributed by atoms with Gasteiger partial charge in [0.15, 0.2) is 11.9 Å². The number of nitrogens with zero attached hydrogens (tertiary/aromatic N) is 1. The molecule has 8 heteroatoms. The Morgan fingerprint density at radius 2 is 1.64 bits per heavy atom. The Balaban J connectivity index is 1.95. The third-order valence-corrected chi connectivity index (χ3v) is 4.88. The summed E-state index contributed by atoms with van der Waals surface area (Å²) in [5, 5.41) is 11.4. The van der Waals surface area contributed by atoms with Gasteiger partial charge in [0, 0.05) is 43.3 Å². The number of alkyl halides is 3. The van der Waals surface area contributed by atoms with Crippen molar-refractivity contribution in [1.82, 2.24) is 0 Å². The lowest BCUT2D eigenvalue weighted by molar-refractivity contribution is -0.613. The molecule has 25 heavy (non-hydrogen) atoms. The number of rotatable bonds is 12. The first-order chi connectivity index (χ1) is 11.8. The highest BCUT2D eigenvalue weighted by molar-refractivity contribution is 7.99. The van der Waals surface area contributed by atoms with Gasteiger partial charge in [-0.05, 0) is 38.4 Å². The van der Waals surface area contributed by atoms with Gasteiger partial charge in [-0.3, -0.25) is 0 Å². The molecule has 0 N–H and O–H groups in total. The van der Waals surface area contributed by atoms with Crippen LogP contribution in [0.25, 0.3) is 0 Å². The molecule has 0 bridgehead atoms. The van der Waals surface area contributed by atoms with Crippen molar-refractivity contribution in [3.8, 4) is 0 Å². The van der Waals surface area contributed by atoms with Gasteiger partial charge in [0.2, 0.25) is 0 Å². The van der Waals surface area contributed by atoms with E-state index in [1.54, 1.807) is 11.8 Å². The molecule has 0 aliphatic rings. The predicted molar refractivity (Wildman–Crippen MR) is 91.8 cm³/mol. The van der Waals surface area contributed by atoms with Crippen molar-refractivity contribution in [2.24, 2.45) is 0 Å². The average Bonchev–Trinajstić information content (AvgIpc) is 2.54. The summed E-state index contributed by atoms with van der Waals surface area (Å²) in [5.41, 5.74) is 1.75. The molecule has 0 radical (unpaired) electrons. The third-order valence-electron chi connectivity index (χ3n) is 3.64. The highest BCUT2D eigenvalue weighted by Gasteiger charge is 2.27. The number of ether oxygens (including phenoxy) is 2. The van der Waals surface area contributed by atoms with E-state index < -0.39 is 12.8 Å². The molecule has 0 aromatic carbocycles. The number of aromatic nitrogens is 1. The van der Waals surface area contributed by atoms with Crippen molar-refractivity contribution in [2.75, 3.05) is 32.2 Å². The van der Waals surface area contributed by atoms with Crippen LogP contribution in [0.4, 0.5) is 13.2 Å². The number of unbranched alkanes of at least 4 members (excludes halogenated alkanes) is 2. The average molecular weight is 381 g/mol. The van der Waals surface area contributed by atoms with Crippen LogP contribution < -0.4 is 4.73 Å². The summed E-state index contributed by atoms with van der Waals surface area (Å²) >= 11 is 1.73. The maximum Gasteiger partial charge on any atom is 0.411 e. The van der Waals surface area contributed by atoms with E-state index in [1.807, 2.05) is 19.9 Å². The van der Waals surface area contributed by atoms with Crippen LogP contribution in [0, 0.1) is 19.1 Å². The second-order valence-corrected chi connectivity index (χ2v) is 6.90. The molecule has 0 unspecified atom stereocenters. The standard InChI is InChI=1S/C17H26F3NO3S/c1-14-15(2)21(22)8-7-16(14)25-12-6-5-10-23-9-3-4-11-24-13-17(18,19)20/h7-8H,3-6,9-13H2,1-2H3. The third kappa shape index (κ3) is 9.91. The molecular weight excluding hydrogens is 355 g/mol. The van der Waals surface area contributed by atoms with Gasteiger partial charge in [0.25, 0.3) is 0 Å². The van der Waals surface area contributed by atoms with Gasteiger partial charge in [-0.15, -0.1) is 11.8 Å². The molecule has 0 spiro atoms. The lowest BCUT2D eigenvalue weighted by atomic mass is 10.2. The summed E-state index contributed by atoms with van der Waals surface area (Å²) in [6.45, 7) is 3.89. The van der Waals surface area contributed by atoms with E-state index in [0.29, 0.717) is 26.1 Å². The Labute approximate surface area is 151 Å². The zero-order valence-corrected chi connectivity index (χ0v) is 15.5. The summed E-state index contributed by atoms with van der Waals surface area (Å²) in [6.07, 6.45) is 0.491. The Morgan fingerprint density at radius 1 is 1.04 bits per heavy atom. The lowest BCUT2D eigenvalue weighted by Gasteiger charge is -2.09. The first-order valence-electron chi connectivity index (χ1n) is 8.35. The maximum atomic E-state index is 11.8. The molecule has 0 aliphatic heterocycles. The van der Waals surface area contributed by atoms with E-state index >= 15 is 0 Å². The van der Waals surface area contributed by atoms with Gasteiger partial charge >= 0.3 is 6.18 Å². The molecule has 0 amide bonds. The van der Waals surface area contributed by atoms with E-state index in [0.717, 1.165) is 39.5 Å². The van der Waals surface area contributed by atoms with Crippen LogP contribution in [0.3, 0.4) is 0 Å². The second kappa shape index (κ2) is 11.6. The molecule has 1 aromatic rings. The Bertz CT molecular complexity index is 513. The van der Waals surface area contributed by atoms with Crippen LogP contribution in [0.15, 0.2) is 17.2 Å². The van der Waals surface area contributed by atoms with Gasteiger partial charge in [-0.25, -0.2) is 0 Å². The highest BCUT2D eigenvalue weighted by Crippen LogP contribution is 2.23. The summed E-state index contributed by atoms with van der Waals surface area (Å²) in [5.74, 6) is 0.956. The van der Waals surface area contributed by atoms with Crippen LogP contribution in [0.5, 0.6) is 0 Å². The summed E-state index contributed by atoms with van der Waals surface area (Å²) < 4.78 is 46.4. The highest BCUT2D eigenvalue weighted by atomic mass is 32.2. The summed E-state index contributed by atoms with van der Waals surface area (Å²) in [7, 11) is 0. The van der Waals surface area contributed by atoms with Gasteiger partial charge in [-0.2, -0.15) is 17.9 Å². The Kier molecular flexibility index (Phi) is 10.2. The van der Waals surface area contributed by atoms with Crippen molar-refractivity contribution >= 4 is 11.8 Å². The predicted octanol–water partition coefficient (Wildman–Crippen LogP) is 4.18. The van der Waals surface area contributed by atoms with E-state index in [2.05, 4.69) is 4.74 Å². The van der Waals surface area contributed by atoms with Crippen LogP contribution in [-0.4, -0.2) is 38.4 Å². The van der Waals surface area contributed by atoms with Crippen LogP contribution >= 0.6 is 11.8 Å². The first-order valence-corrected chi connectivity index (χ1v) is 9.34. The van der Waals surface area contributed by atoms with Crippen LogP contribution in [0.1, 0.15) is 36.9 Å². The molecule has 1 aromatic heterocycles. The van der Waals surface area contributed by atoms with Gasteiger partial charge in [0.1, 0.15) is 6.61 Å². The normalized spacial score (nSPS) is 11.9. The number of thioether (sulfide) groups is 1. The molecule has 0 aliphatic carbocycles. The zero-order chi connectivity index (χ0) is 18.7. The SMILES string of the molecule is Cc1c(SCCCCOCCCCOCC(F)(F)F)cc[n+]([O-])c1C. The minimum absolute atomic E-state index is 0.110. The second-order valence-electron chi connectivity index (χ2n) is 5.76. The molecule has 0 saturated carbocycles. The van der Waals surface area contributed by atoms with Crippen molar-refractivity contribution in [2.45, 2.75) is 50.6 Å². The van der Waals surface area contributed by atoms with E-state index in [-0.39, 0.29) is 6.61 Å². The van der Waals surface area contributed by atoms with Crippen molar-refractivity contribution in [3.05, 3.63) is 28.7 Å². The molecule has 1 rings (SSSR count). The van der Waals surface area contributed by atoms with Crippen LogP contribution in [-0.2, 0) is 9.47 Å². The fourth-order valence-corrected chi connectivity index (χ4v) is 3.15. The van der Waals surface area contributed by atoms with Crippen molar-refractivity contribution < 1.29 is 27.4 Å². The quantitative estimate of drug-likeness (QED) is 0.236. The summed E-state index contributed by atoms with van der Waals surface area (Å²) in [6, 6.07) is 1.84. The van der Waals surface area contributed by atoms with Gasteiger partial charge in [-0.1, -0.05) is 0 Å². The number of hydrogen-bond acceptors (Lipinski definition) is 4. The maximum absolute atomic E-state index is 11.8. The minimum Gasteiger partial charge on any atom is -0.619 e. The minimum atomic E-state index is -4.25. The zero-order valence-electron chi connectivity index (χ0n) is 14.7. The van der Waals surface area contributed by atoms with Gasteiger partial charge in [0.05, 0.1) is 0 Å². The summed E-state index contributed by atoms with van der Waals surface area (Å²) in [4.78, 5) is 1.13. The number of pyridine rings is 1. The van der Waals surface area contributed by atoms with E-state index in [1.165, 1.54) is 6.20 Å². The lowest BCUT2D eigenvalue weighted by Crippen LogP contribution is -2.30. The van der Waals surface area contributed by atoms with E-state index in [4.69, 9.17) is 4.74 Å². The molecule has 0 atom stereocenters. The smallest absolute Gasteiger partial charge is 0.411 e. The first kappa shape index (κ1) is 22.1. The molecule has 0 fully saturated rings. The molecule has 144 valence electrons. The molecule has 0 saturated heterocycles.